The molecule has 2 heterocycles. The minimum atomic E-state index is -0.0903. The van der Waals surface area contributed by atoms with Gasteiger partial charge in [-0.25, -0.2) is 4.98 Å². The molecule has 1 aromatic heterocycles. The van der Waals surface area contributed by atoms with Crippen molar-refractivity contribution in [2.24, 2.45) is 10.9 Å². The molecule has 1 aliphatic heterocycles. The lowest BCUT2D eigenvalue weighted by Crippen LogP contribution is -2.46. The second-order valence-corrected chi connectivity index (χ2v) is 7.52. The molecule has 6 nitrogen and oxygen atoms in total. The van der Waals surface area contributed by atoms with Crippen LogP contribution in [0.25, 0.3) is 0 Å². The van der Waals surface area contributed by atoms with E-state index in [0.29, 0.717) is 0 Å². The van der Waals surface area contributed by atoms with Crippen LogP contribution in [0, 0.1) is 12.8 Å². The summed E-state index contributed by atoms with van der Waals surface area (Å²) in [4.78, 5) is 24.7. The number of likely N-dealkylation sites (tertiary alicyclic amines) is 1. The smallest absolute Gasteiger partial charge is 0.308 e. The molecule has 0 spiro atoms. The molecule has 1 saturated heterocycles. The van der Waals surface area contributed by atoms with Gasteiger partial charge in [-0.05, 0) is 33.1 Å². The van der Waals surface area contributed by atoms with E-state index in [4.69, 9.17) is 9.73 Å². The van der Waals surface area contributed by atoms with E-state index in [2.05, 4.69) is 36.0 Å². The summed E-state index contributed by atoms with van der Waals surface area (Å²) in [5.74, 6) is 0.872. The number of halogens is 1. The summed E-state index contributed by atoms with van der Waals surface area (Å²) in [6.45, 7) is 9.60. The SMILES string of the molecule is CCNC(=NCCc1nc(CC)c(C)s1)N1CCC(C(=O)OC)CC1.I. The number of carbonyl (C=O) groups is 1. The van der Waals surface area contributed by atoms with Gasteiger partial charge >= 0.3 is 5.97 Å². The number of aromatic nitrogens is 1. The largest absolute Gasteiger partial charge is 0.469 e. The topological polar surface area (TPSA) is 66.8 Å². The van der Waals surface area contributed by atoms with E-state index >= 15 is 0 Å². The Morgan fingerprint density at radius 1 is 1.38 bits per heavy atom. The highest BCUT2D eigenvalue weighted by Crippen LogP contribution is 2.20. The highest BCUT2D eigenvalue weighted by molar-refractivity contribution is 14.0. The Bertz CT molecular complexity index is 598. The molecule has 0 saturated carbocycles. The van der Waals surface area contributed by atoms with E-state index in [9.17, 15) is 4.79 Å². The van der Waals surface area contributed by atoms with Crippen LogP contribution in [0.3, 0.4) is 0 Å². The molecule has 2 rings (SSSR count). The zero-order chi connectivity index (χ0) is 18.2. The maximum atomic E-state index is 11.7. The van der Waals surface area contributed by atoms with Gasteiger partial charge in [0.05, 0.1) is 23.7 Å². The highest BCUT2D eigenvalue weighted by Gasteiger charge is 2.26. The highest BCUT2D eigenvalue weighted by atomic mass is 127. The van der Waals surface area contributed by atoms with Crippen LogP contribution in [0.5, 0.6) is 0 Å². The van der Waals surface area contributed by atoms with Gasteiger partial charge in [-0.2, -0.15) is 0 Å². The third kappa shape index (κ3) is 6.37. The molecule has 0 amide bonds. The second-order valence-electron chi connectivity index (χ2n) is 6.23. The average Bonchev–Trinajstić information content (AvgIpc) is 3.00. The number of esters is 1. The van der Waals surface area contributed by atoms with Gasteiger partial charge in [-0.1, -0.05) is 6.92 Å². The number of hydrogen-bond acceptors (Lipinski definition) is 5. The molecule has 0 radical (unpaired) electrons. The molecule has 0 unspecified atom stereocenters. The van der Waals surface area contributed by atoms with Crippen molar-refractivity contribution >= 4 is 47.2 Å². The van der Waals surface area contributed by atoms with Crippen molar-refractivity contribution in [3.05, 3.63) is 15.6 Å². The number of piperidine rings is 1. The zero-order valence-electron chi connectivity index (χ0n) is 16.2. The third-order valence-electron chi connectivity index (χ3n) is 4.52. The lowest BCUT2D eigenvalue weighted by molar-refractivity contribution is -0.146. The summed E-state index contributed by atoms with van der Waals surface area (Å²) in [6, 6.07) is 0. The van der Waals surface area contributed by atoms with Crippen molar-refractivity contribution in [1.29, 1.82) is 0 Å². The summed E-state index contributed by atoms with van der Waals surface area (Å²) in [5, 5.41) is 4.53. The Morgan fingerprint density at radius 2 is 2.08 bits per heavy atom. The van der Waals surface area contributed by atoms with E-state index < -0.39 is 0 Å². The number of methoxy groups -OCH3 is 1. The molecule has 0 bridgehead atoms. The fraction of sp³-hybridized carbons (Fsp3) is 0.722. The first kappa shape index (κ1) is 23.1. The molecule has 8 heteroatoms. The first-order valence-corrected chi connectivity index (χ1v) is 9.96. The number of aliphatic imine (C=N–C) groups is 1. The lowest BCUT2D eigenvalue weighted by atomic mass is 9.97. The van der Waals surface area contributed by atoms with E-state index in [1.165, 1.54) is 22.7 Å². The van der Waals surface area contributed by atoms with Crippen molar-refractivity contribution in [3.8, 4) is 0 Å². The Labute approximate surface area is 177 Å². The molecule has 1 aliphatic rings. The number of rotatable bonds is 6. The molecule has 148 valence electrons. The maximum absolute atomic E-state index is 11.7. The van der Waals surface area contributed by atoms with Crippen LogP contribution in [-0.4, -0.2) is 55.1 Å². The molecule has 1 N–H and O–H groups in total. The van der Waals surface area contributed by atoms with Crippen LogP contribution >= 0.6 is 35.3 Å². The number of hydrogen-bond donors (Lipinski definition) is 1. The molecule has 1 fully saturated rings. The average molecular weight is 494 g/mol. The number of carbonyl (C=O) groups excluding carboxylic acids is 1. The molecule has 0 aromatic carbocycles. The van der Waals surface area contributed by atoms with Crippen LogP contribution < -0.4 is 5.32 Å². The van der Waals surface area contributed by atoms with E-state index in [0.717, 1.165) is 57.8 Å². The van der Waals surface area contributed by atoms with Crippen molar-refractivity contribution < 1.29 is 9.53 Å². The number of nitrogens with zero attached hydrogens (tertiary/aromatic N) is 3. The quantitative estimate of drug-likeness (QED) is 0.285. The second kappa shape index (κ2) is 11.7. The van der Waals surface area contributed by atoms with Crippen molar-refractivity contribution in [2.45, 2.75) is 46.5 Å². The summed E-state index contributed by atoms with van der Waals surface area (Å²) in [6.07, 6.45) is 3.51. The monoisotopic (exact) mass is 494 g/mol. The molecular weight excluding hydrogens is 463 g/mol. The van der Waals surface area contributed by atoms with Gasteiger partial charge in [-0.3, -0.25) is 9.79 Å². The van der Waals surface area contributed by atoms with Crippen molar-refractivity contribution in [1.82, 2.24) is 15.2 Å². The summed E-state index contributed by atoms with van der Waals surface area (Å²) in [7, 11) is 1.46. The van der Waals surface area contributed by atoms with Gasteiger partial charge in [-0.15, -0.1) is 35.3 Å². The number of ether oxygens (including phenoxy) is 1. The summed E-state index contributed by atoms with van der Waals surface area (Å²) >= 11 is 1.78. The van der Waals surface area contributed by atoms with Gasteiger partial charge in [0.15, 0.2) is 5.96 Å². The fourth-order valence-corrected chi connectivity index (χ4v) is 4.11. The van der Waals surface area contributed by atoms with Crippen LogP contribution in [0.4, 0.5) is 0 Å². The van der Waals surface area contributed by atoms with E-state index in [1.54, 1.807) is 11.3 Å². The van der Waals surface area contributed by atoms with Gasteiger partial charge in [0.25, 0.3) is 0 Å². The molecule has 1 aromatic rings. The summed E-state index contributed by atoms with van der Waals surface area (Å²) in [5.41, 5.74) is 1.21. The Kier molecular flexibility index (Phi) is 10.4. The predicted octanol–water partition coefficient (Wildman–Crippen LogP) is 3.02. The normalized spacial score (nSPS) is 15.5. The van der Waals surface area contributed by atoms with Crippen LogP contribution in [0.2, 0.25) is 0 Å². The van der Waals surface area contributed by atoms with Crippen LogP contribution in [0.15, 0.2) is 4.99 Å². The molecular formula is C18H31IN4O2S. The van der Waals surface area contributed by atoms with Gasteiger partial charge in [0, 0.05) is 37.5 Å². The van der Waals surface area contributed by atoms with Crippen molar-refractivity contribution in [3.63, 3.8) is 0 Å². The Balaban J connectivity index is 0.00000338. The number of thiazole rings is 1. The van der Waals surface area contributed by atoms with Gasteiger partial charge < -0.3 is 15.0 Å². The number of nitrogens with one attached hydrogen (secondary N) is 1. The standard InChI is InChI=1S/C18H30N4O2S.HI/c1-5-15-13(3)25-16(21-15)7-10-20-18(19-6-2)22-11-8-14(9-12-22)17(23)24-4;/h14H,5-12H2,1-4H3,(H,19,20);1H. The van der Waals surface area contributed by atoms with Gasteiger partial charge in [0.1, 0.15) is 0 Å². The first-order valence-electron chi connectivity index (χ1n) is 9.15. The zero-order valence-corrected chi connectivity index (χ0v) is 19.4. The van der Waals surface area contributed by atoms with Crippen molar-refractivity contribution in [2.75, 3.05) is 33.3 Å². The lowest BCUT2D eigenvalue weighted by Gasteiger charge is -2.33. The predicted molar refractivity (Wildman–Crippen MR) is 118 cm³/mol. The number of guanidine groups is 1. The maximum Gasteiger partial charge on any atom is 0.308 e. The third-order valence-corrected chi connectivity index (χ3v) is 5.60. The summed E-state index contributed by atoms with van der Waals surface area (Å²) < 4.78 is 4.86. The molecule has 0 atom stereocenters. The molecule has 0 aliphatic carbocycles. The Hall–Kier alpha value is -0.900. The van der Waals surface area contributed by atoms with Gasteiger partial charge in [0.2, 0.25) is 0 Å². The molecule has 26 heavy (non-hydrogen) atoms. The van der Waals surface area contributed by atoms with Crippen LogP contribution in [-0.2, 0) is 22.4 Å². The first-order chi connectivity index (χ1) is 12.1. The Morgan fingerprint density at radius 3 is 2.62 bits per heavy atom. The van der Waals surface area contributed by atoms with E-state index in [-0.39, 0.29) is 35.9 Å². The minimum Gasteiger partial charge on any atom is -0.469 e. The fourth-order valence-electron chi connectivity index (χ4n) is 3.10. The number of aryl methyl sites for hydroxylation is 2. The minimum absolute atomic E-state index is 0. The van der Waals surface area contributed by atoms with E-state index in [1.807, 2.05) is 0 Å². The van der Waals surface area contributed by atoms with Crippen LogP contribution in [0.1, 0.15) is 42.3 Å².